The van der Waals surface area contributed by atoms with Crippen molar-refractivity contribution in [2.75, 3.05) is 18.5 Å². The van der Waals surface area contributed by atoms with Gasteiger partial charge < -0.3 is 15.4 Å². The van der Waals surface area contributed by atoms with E-state index in [0.717, 1.165) is 6.20 Å². The van der Waals surface area contributed by atoms with Gasteiger partial charge in [0.15, 0.2) is 5.78 Å². The van der Waals surface area contributed by atoms with Crippen LogP contribution in [0.15, 0.2) is 36.0 Å². The van der Waals surface area contributed by atoms with Crippen LogP contribution in [0.25, 0.3) is 0 Å². The molecule has 0 atom stereocenters. The van der Waals surface area contributed by atoms with E-state index in [1.807, 2.05) is 0 Å². The molecule has 0 aliphatic heterocycles. The molecule has 1 aromatic rings. The summed E-state index contributed by atoms with van der Waals surface area (Å²) in [4.78, 5) is 34.2. The Morgan fingerprint density at radius 1 is 1.26 bits per heavy atom. The summed E-state index contributed by atoms with van der Waals surface area (Å²) < 4.78 is 4.70. The van der Waals surface area contributed by atoms with E-state index < -0.39 is 11.9 Å². The number of ether oxygens (including phenoxy) is 1. The molecule has 120 valence electrons. The van der Waals surface area contributed by atoms with E-state index in [1.54, 1.807) is 37.3 Å². The number of nitrogens with one attached hydrogen (secondary N) is 2. The van der Waals surface area contributed by atoms with Gasteiger partial charge in [0.05, 0.1) is 6.61 Å². The average Bonchev–Trinajstić information content (AvgIpc) is 2.52. The minimum absolute atomic E-state index is 0.0800. The molecule has 0 radical (unpaired) electrons. The second kappa shape index (κ2) is 9.00. The molecule has 1 rings (SSSR count). The summed E-state index contributed by atoms with van der Waals surface area (Å²) >= 11 is 0. The third-order valence-electron chi connectivity index (χ3n) is 2.71. The number of carbonyl (C=O) groups is 3. The number of benzene rings is 1. The molecular weight excluding hydrogens is 298 g/mol. The smallest absolute Gasteiger partial charge is 0.325 e. The number of nitriles is 1. The molecule has 0 saturated carbocycles. The molecular formula is C16H17N3O4. The van der Waals surface area contributed by atoms with Crippen molar-refractivity contribution < 1.29 is 19.1 Å². The van der Waals surface area contributed by atoms with E-state index >= 15 is 0 Å². The Kier molecular flexibility index (Phi) is 7.01. The van der Waals surface area contributed by atoms with Gasteiger partial charge in [-0.1, -0.05) is 0 Å². The highest BCUT2D eigenvalue weighted by molar-refractivity contribution is 6.06. The minimum atomic E-state index is -0.626. The second-order valence-corrected chi connectivity index (χ2v) is 4.44. The van der Waals surface area contributed by atoms with E-state index in [9.17, 15) is 14.4 Å². The predicted molar refractivity (Wildman–Crippen MR) is 83.4 cm³/mol. The maximum atomic E-state index is 11.9. The molecule has 1 aromatic carbocycles. The lowest BCUT2D eigenvalue weighted by Crippen LogP contribution is -2.22. The zero-order valence-corrected chi connectivity index (χ0v) is 12.9. The third kappa shape index (κ3) is 6.01. The molecule has 0 bridgehead atoms. The van der Waals surface area contributed by atoms with Gasteiger partial charge in [-0.05, 0) is 38.1 Å². The summed E-state index contributed by atoms with van der Waals surface area (Å²) in [6.07, 6.45) is 1.15. The van der Waals surface area contributed by atoms with Crippen LogP contribution in [-0.4, -0.2) is 30.8 Å². The number of nitrogens with zero attached hydrogens (tertiary/aromatic N) is 1. The number of anilines is 1. The topological polar surface area (TPSA) is 108 Å². The Bertz CT molecular complexity index is 657. The first-order valence-electron chi connectivity index (χ1n) is 6.89. The average molecular weight is 315 g/mol. The molecule has 0 heterocycles. The molecule has 0 aliphatic rings. The Morgan fingerprint density at radius 3 is 2.43 bits per heavy atom. The highest BCUT2D eigenvalue weighted by atomic mass is 16.5. The summed E-state index contributed by atoms with van der Waals surface area (Å²) in [6.45, 7) is 3.24. The maximum absolute atomic E-state index is 11.9. The van der Waals surface area contributed by atoms with Gasteiger partial charge in [-0.25, -0.2) is 0 Å². The van der Waals surface area contributed by atoms with Crippen molar-refractivity contribution in [3.05, 3.63) is 41.6 Å². The standard InChI is InChI=1S/C16H17N3O4/c1-3-23-15(21)10-18-9-13(8-17)16(22)19-14-6-4-12(5-7-14)11(2)20/h4-7,9,18H,3,10H2,1-2H3,(H,19,22)/b13-9-. The van der Waals surface area contributed by atoms with Gasteiger partial charge in [-0.3, -0.25) is 14.4 Å². The molecule has 0 unspecified atom stereocenters. The Hall–Kier alpha value is -3.14. The van der Waals surface area contributed by atoms with Crippen LogP contribution in [0.3, 0.4) is 0 Å². The summed E-state index contributed by atoms with van der Waals surface area (Å²) in [5.41, 5.74) is 0.784. The number of amides is 1. The second-order valence-electron chi connectivity index (χ2n) is 4.44. The first-order chi connectivity index (χ1) is 11.0. The fourth-order valence-electron chi connectivity index (χ4n) is 1.58. The van der Waals surface area contributed by atoms with Crippen molar-refractivity contribution in [1.29, 1.82) is 5.26 Å². The van der Waals surface area contributed by atoms with Gasteiger partial charge in [-0.2, -0.15) is 5.26 Å². The lowest BCUT2D eigenvalue weighted by atomic mass is 10.1. The van der Waals surface area contributed by atoms with E-state index in [4.69, 9.17) is 10.00 Å². The molecule has 0 aliphatic carbocycles. The van der Waals surface area contributed by atoms with Crippen LogP contribution in [0.2, 0.25) is 0 Å². The van der Waals surface area contributed by atoms with Crippen LogP contribution in [0.4, 0.5) is 5.69 Å². The van der Waals surface area contributed by atoms with Gasteiger partial charge in [0, 0.05) is 17.5 Å². The Labute approximate surface area is 133 Å². The van der Waals surface area contributed by atoms with E-state index in [2.05, 4.69) is 10.6 Å². The number of Topliss-reactive ketones (excluding diaryl/α,β-unsaturated/α-hetero) is 1. The van der Waals surface area contributed by atoms with Crippen molar-refractivity contribution in [2.45, 2.75) is 13.8 Å². The van der Waals surface area contributed by atoms with E-state index in [-0.39, 0.29) is 24.5 Å². The van der Waals surface area contributed by atoms with E-state index in [1.165, 1.54) is 6.92 Å². The SMILES string of the molecule is CCOC(=O)CN/C=C(/C#N)C(=O)Nc1ccc(C(C)=O)cc1. The highest BCUT2D eigenvalue weighted by Gasteiger charge is 2.10. The Balaban J connectivity index is 2.64. The zero-order valence-electron chi connectivity index (χ0n) is 12.9. The molecule has 7 nitrogen and oxygen atoms in total. The number of rotatable bonds is 7. The molecule has 23 heavy (non-hydrogen) atoms. The number of hydrogen-bond acceptors (Lipinski definition) is 6. The molecule has 2 N–H and O–H groups in total. The van der Waals surface area contributed by atoms with Crippen LogP contribution < -0.4 is 10.6 Å². The van der Waals surface area contributed by atoms with Crippen LogP contribution in [0.5, 0.6) is 0 Å². The summed E-state index contributed by atoms with van der Waals surface area (Å²) in [7, 11) is 0. The zero-order chi connectivity index (χ0) is 17.2. The summed E-state index contributed by atoms with van der Waals surface area (Å²) in [5.74, 6) is -1.19. The maximum Gasteiger partial charge on any atom is 0.325 e. The van der Waals surface area contributed by atoms with Crippen molar-refractivity contribution in [3.63, 3.8) is 0 Å². The lowest BCUT2D eigenvalue weighted by Gasteiger charge is -2.06. The third-order valence-corrected chi connectivity index (χ3v) is 2.71. The minimum Gasteiger partial charge on any atom is -0.465 e. The molecule has 1 amide bonds. The van der Waals surface area contributed by atoms with Gasteiger partial charge >= 0.3 is 5.97 Å². The van der Waals surface area contributed by atoms with Crippen molar-refractivity contribution in [2.24, 2.45) is 0 Å². The fourth-order valence-corrected chi connectivity index (χ4v) is 1.58. The van der Waals surface area contributed by atoms with Gasteiger partial charge in [0.25, 0.3) is 5.91 Å². The number of esters is 1. The number of ketones is 1. The molecule has 7 heteroatoms. The molecule has 0 aromatic heterocycles. The summed E-state index contributed by atoms with van der Waals surface area (Å²) in [6, 6.07) is 8.02. The monoisotopic (exact) mass is 315 g/mol. The first-order valence-corrected chi connectivity index (χ1v) is 6.89. The normalized spacial score (nSPS) is 10.4. The van der Waals surface area contributed by atoms with Crippen LogP contribution in [0.1, 0.15) is 24.2 Å². The summed E-state index contributed by atoms with van der Waals surface area (Å²) in [5, 5.41) is 14.1. The molecule has 0 fully saturated rings. The molecule has 0 saturated heterocycles. The van der Waals surface area contributed by atoms with E-state index in [0.29, 0.717) is 11.3 Å². The quantitative estimate of drug-likeness (QED) is 0.341. The van der Waals surface area contributed by atoms with Gasteiger partial charge in [0.2, 0.25) is 0 Å². The highest BCUT2D eigenvalue weighted by Crippen LogP contribution is 2.11. The largest absolute Gasteiger partial charge is 0.465 e. The van der Waals surface area contributed by atoms with Crippen LogP contribution >= 0.6 is 0 Å². The fraction of sp³-hybridized carbons (Fsp3) is 0.250. The predicted octanol–water partition coefficient (Wildman–Crippen LogP) is 1.39. The number of hydrogen-bond donors (Lipinski definition) is 2. The molecule has 0 spiro atoms. The lowest BCUT2D eigenvalue weighted by molar-refractivity contribution is -0.141. The van der Waals surface area contributed by atoms with Crippen LogP contribution in [0, 0.1) is 11.3 Å². The van der Waals surface area contributed by atoms with Gasteiger partial charge in [0.1, 0.15) is 18.2 Å². The van der Waals surface area contributed by atoms with Crippen molar-refractivity contribution in [3.8, 4) is 6.07 Å². The number of carbonyl (C=O) groups excluding carboxylic acids is 3. The van der Waals surface area contributed by atoms with Crippen molar-refractivity contribution >= 4 is 23.3 Å². The first kappa shape index (κ1) is 17.9. The Morgan fingerprint density at radius 2 is 1.91 bits per heavy atom. The van der Waals surface area contributed by atoms with Crippen LogP contribution in [-0.2, 0) is 14.3 Å². The van der Waals surface area contributed by atoms with Gasteiger partial charge in [-0.15, -0.1) is 0 Å². The van der Waals surface area contributed by atoms with Crippen molar-refractivity contribution in [1.82, 2.24) is 5.32 Å².